The third kappa shape index (κ3) is 5.90. The van der Waals surface area contributed by atoms with Crippen molar-refractivity contribution in [1.29, 1.82) is 0 Å². The van der Waals surface area contributed by atoms with Crippen LogP contribution in [0.25, 0.3) is 0 Å². The van der Waals surface area contributed by atoms with E-state index in [4.69, 9.17) is 0 Å². The number of halogens is 3. The second kappa shape index (κ2) is 7.64. The Kier molecular flexibility index (Phi) is 6.02. The Balaban J connectivity index is 1.97. The molecular weight excluding hydrogens is 365 g/mol. The summed E-state index contributed by atoms with van der Waals surface area (Å²) < 4.78 is 62.8. The molecule has 0 saturated heterocycles. The molecule has 0 atom stereocenters. The molecule has 0 radical (unpaired) electrons. The Hall–Kier alpha value is -1.42. The quantitative estimate of drug-likeness (QED) is 0.780. The molecule has 10 heteroatoms. The lowest BCUT2D eigenvalue weighted by atomic mass is 9.96. The maximum absolute atomic E-state index is 12.2. The number of benzene rings is 1. The molecule has 1 aromatic carbocycles. The molecule has 0 unspecified atom stereocenters. The number of alkyl halides is 3. The minimum absolute atomic E-state index is 0.0560. The molecule has 24 heavy (non-hydrogen) atoms. The van der Waals surface area contributed by atoms with Crippen LogP contribution in [0.2, 0.25) is 0 Å². The van der Waals surface area contributed by atoms with Gasteiger partial charge in [0, 0.05) is 10.9 Å². The SMILES string of the molecule is O=C(NC1CCCCC1)NS(=O)(=O)c1ccc(SC(F)(F)F)cc1. The third-order valence-corrected chi connectivity index (χ3v) is 5.62. The lowest BCUT2D eigenvalue weighted by Gasteiger charge is -2.22. The summed E-state index contributed by atoms with van der Waals surface area (Å²) in [7, 11) is -4.12. The lowest BCUT2D eigenvalue weighted by molar-refractivity contribution is -0.0328. The van der Waals surface area contributed by atoms with Crippen LogP contribution in [0.3, 0.4) is 0 Å². The Morgan fingerprint density at radius 1 is 1.08 bits per heavy atom. The molecule has 2 amide bonds. The van der Waals surface area contributed by atoms with E-state index < -0.39 is 21.6 Å². The Morgan fingerprint density at radius 2 is 1.67 bits per heavy atom. The third-order valence-electron chi connectivity index (χ3n) is 3.54. The fourth-order valence-electron chi connectivity index (χ4n) is 2.46. The van der Waals surface area contributed by atoms with E-state index in [-0.39, 0.29) is 27.6 Å². The van der Waals surface area contributed by atoms with E-state index in [9.17, 15) is 26.4 Å². The molecule has 0 bridgehead atoms. The van der Waals surface area contributed by atoms with Crippen molar-refractivity contribution in [3.8, 4) is 0 Å². The van der Waals surface area contributed by atoms with Gasteiger partial charge in [-0.1, -0.05) is 19.3 Å². The summed E-state index contributed by atoms with van der Waals surface area (Å²) in [5.41, 5.74) is -4.45. The molecule has 134 valence electrons. The number of urea groups is 1. The first-order chi connectivity index (χ1) is 11.2. The fourth-order valence-corrected chi connectivity index (χ4v) is 3.92. The van der Waals surface area contributed by atoms with Crippen molar-refractivity contribution in [2.45, 2.75) is 53.4 Å². The summed E-state index contributed by atoms with van der Waals surface area (Å²) >= 11 is -0.337. The molecule has 1 aromatic rings. The van der Waals surface area contributed by atoms with E-state index >= 15 is 0 Å². The largest absolute Gasteiger partial charge is 0.446 e. The van der Waals surface area contributed by atoms with Crippen LogP contribution in [0.5, 0.6) is 0 Å². The summed E-state index contributed by atoms with van der Waals surface area (Å²) in [6.45, 7) is 0. The molecule has 1 fully saturated rings. The van der Waals surface area contributed by atoms with E-state index in [2.05, 4.69) is 5.32 Å². The average Bonchev–Trinajstić information content (AvgIpc) is 2.46. The number of amides is 2. The van der Waals surface area contributed by atoms with Crippen molar-refractivity contribution >= 4 is 27.8 Å². The van der Waals surface area contributed by atoms with Gasteiger partial charge in [-0.15, -0.1) is 0 Å². The molecular formula is C14H17F3N2O3S2. The van der Waals surface area contributed by atoms with Gasteiger partial charge in [0.25, 0.3) is 10.0 Å². The first kappa shape index (κ1) is 18.9. The van der Waals surface area contributed by atoms with Gasteiger partial charge in [-0.2, -0.15) is 13.2 Å². The van der Waals surface area contributed by atoms with Gasteiger partial charge in [0.1, 0.15) is 0 Å². The highest BCUT2D eigenvalue weighted by molar-refractivity contribution is 8.00. The van der Waals surface area contributed by atoms with Crippen LogP contribution in [0.1, 0.15) is 32.1 Å². The summed E-state index contributed by atoms with van der Waals surface area (Å²) in [5.74, 6) is 0. The van der Waals surface area contributed by atoms with Crippen LogP contribution in [0, 0.1) is 0 Å². The van der Waals surface area contributed by atoms with Crippen molar-refractivity contribution in [1.82, 2.24) is 10.0 Å². The normalized spacial score (nSPS) is 16.6. The summed E-state index contributed by atoms with van der Waals surface area (Å²) in [6, 6.07) is 3.28. The molecule has 0 aliphatic heterocycles. The molecule has 0 aromatic heterocycles. The van der Waals surface area contributed by atoms with Crippen LogP contribution in [0.4, 0.5) is 18.0 Å². The second-order valence-electron chi connectivity index (χ2n) is 5.43. The lowest BCUT2D eigenvalue weighted by Crippen LogP contribution is -2.45. The van der Waals surface area contributed by atoms with Gasteiger partial charge in [-0.25, -0.2) is 17.9 Å². The van der Waals surface area contributed by atoms with E-state index in [1.54, 1.807) is 0 Å². The van der Waals surface area contributed by atoms with E-state index in [1.165, 1.54) is 0 Å². The number of sulfonamides is 1. The van der Waals surface area contributed by atoms with E-state index in [0.29, 0.717) is 0 Å². The maximum atomic E-state index is 12.2. The van der Waals surface area contributed by atoms with Crippen LogP contribution in [-0.2, 0) is 10.0 Å². The molecule has 2 rings (SSSR count). The smallest absolute Gasteiger partial charge is 0.335 e. The van der Waals surface area contributed by atoms with Crippen molar-refractivity contribution in [3.63, 3.8) is 0 Å². The summed E-state index contributed by atoms with van der Waals surface area (Å²) in [6.07, 6.45) is 4.67. The molecule has 1 aliphatic rings. The zero-order valence-electron chi connectivity index (χ0n) is 12.6. The minimum atomic E-state index is -4.45. The molecule has 0 spiro atoms. The average molecular weight is 382 g/mol. The minimum Gasteiger partial charge on any atom is -0.335 e. The van der Waals surface area contributed by atoms with Gasteiger partial charge in [0.2, 0.25) is 0 Å². The number of hydrogen-bond acceptors (Lipinski definition) is 4. The molecule has 0 heterocycles. The standard InChI is InChI=1S/C14H17F3N2O3S2/c15-14(16,17)23-11-6-8-12(9-7-11)24(21,22)19-13(20)18-10-4-2-1-3-5-10/h6-10H,1-5H2,(H2,18,19,20). The number of nitrogens with one attached hydrogen (secondary N) is 2. The first-order valence-electron chi connectivity index (χ1n) is 7.35. The number of hydrogen-bond donors (Lipinski definition) is 2. The molecule has 2 N–H and O–H groups in total. The molecule has 1 aliphatic carbocycles. The highest BCUT2D eigenvalue weighted by Gasteiger charge is 2.29. The Labute approximate surface area is 142 Å². The Bertz CT molecular complexity index is 670. The molecule has 5 nitrogen and oxygen atoms in total. The van der Waals surface area contributed by atoms with Crippen LogP contribution >= 0.6 is 11.8 Å². The predicted molar refractivity (Wildman–Crippen MR) is 84.1 cm³/mol. The summed E-state index contributed by atoms with van der Waals surface area (Å²) in [4.78, 5) is 11.4. The van der Waals surface area contributed by atoms with Gasteiger partial charge in [0.15, 0.2) is 0 Å². The van der Waals surface area contributed by atoms with Crippen LogP contribution < -0.4 is 10.0 Å². The van der Waals surface area contributed by atoms with Gasteiger partial charge < -0.3 is 5.32 Å². The zero-order valence-corrected chi connectivity index (χ0v) is 14.2. The van der Waals surface area contributed by atoms with Gasteiger partial charge in [0.05, 0.1) is 4.90 Å². The van der Waals surface area contributed by atoms with E-state index in [1.807, 2.05) is 4.72 Å². The maximum Gasteiger partial charge on any atom is 0.446 e. The highest BCUT2D eigenvalue weighted by Crippen LogP contribution is 2.36. The van der Waals surface area contributed by atoms with Crippen molar-refractivity contribution < 1.29 is 26.4 Å². The van der Waals surface area contributed by atoms with Crippen LogP contribution in [0.15, 0.2) is 34.1 Å². The van der Waals surface area contributed by atoms with Crippen molar-refractivity contribution in [3.05, 3.63) is 24.3 Å². The number of rotatable bonds is 4. The number of thioether (sulfide) groups is 1. The second-order valence-corrected chi connectivity index (χ2v) is 8.25. The number of carbonyl (C=O) groups excluding carboxylic acids is 1. The number of carbonyl (C=O) groups is 1. The highest BCUT2D eigenvalue weighted by atomic mass is 32.2. The van der Waals surface area contributed by atoms with Gasteiger partial charge in [-0.05, 0) is 48.9 Å². The van der Waals surface area contributed by atoms with Crippen LogP contribution in [-0.4, -0.2) is 26.0 Å². The first-order valence-corrected chi connectivity index (χ1v) is 9.65. The van der Waals surface area contributed by atoms with Gasteiger partial charge in [-0.3, -0.25) is 0 Å². The van der Waals surface area contributed by atoms with Crippen molar-refractivity contribution in [2.75, 3.05) is 0 Å². The predicted octanol–water partition coefficient (Wildman–Crippen LogP) is 3.62. The zero-order chi connectivity index (χ0) is 17.8. The van der Waals surface area contributed by atoms with Gasteiger partial charge >= 0.3 is 11.5 Å². The monoisotopic (exact) mass is 382 g/mol. The van der Waals surface area contributed by atoms with E-state index in [0.717, 1.165) is 56.4 Å². The summed E-state index contributed by atoms with van der Waals surface area (Å²) in [5, 5.41) is 2.61. The topological polar surface area (TPSA) is 75.3 Å². The fraction of sp³-hybridized carbons (Fsp3) is 0.500. The van der Waals surface area contributed by atoms with Crippen molar-refractivity contribution in [2.24, 2.45) is 0 Å². The Morgan fingerprint density at radius 3 is 2.21 bits per heavy atom. The molecule has 1 saturated carbocycles.